The van der Waals surface area contributed by atoms with E-state index in [2.05, 4.69) is 27.8 Å². The smallest absolute Gasteiger partial charge is 0.237 e. The number of benzene rings is 1. The zero-order chi connectivity index (χ0) is 13.9. The molecule has 2 aromatic rings. The minimum Gasteiger partial charge on any atom is -0.444 e. The van der Waals surface area contributed by atoms with Crippen molar-refractivity contribution in [2.24, 2.45) is 0 Å². The first kappa shape index (κ1) is 12.9. The molecule has 20 heavy (non-hydrogen) atoms. The van der Waals surface area contributed by atoms with E-state index in [1.165, 1.54) is 11.1 Å². The van der Waals surface area contributed by atoms with Crippen LogP contribution in [0.25, 0.3) is 0 Å². The molecule has 1 aliphatic rings. The Morgan fingerprint density at radius 2 is 2.25 bits per heavy atom. The number of oxazole rings is 1. The number of carbonyl (C=O) groups excluding carboxylic acids is 1. The first-order valence-electron chi connectivity index (χ1n) is 6.71. The van der Waals surface area contributed by atoms with Gasteiger partial charge >= 0.3 is 0 Å². The third kappa shape index (κ3) is 2.72. The Morgan fingerprint density at radius 3 is 3.00 bits per heavy atom. The van der Waals surface area contributed by atoms with Crippen LogP contribution < -0.4 is 10.6 Å². The molecule has 0 spiro atoms. The highest BCUT2D eigenvalue weighted by Crippen LogP contribution is 2.16. The molecule has 0 saturated carbocycles. The molecule has 5 heteroatoms. The van der Waals surface area contributed by atoms with E-state index < -0.39 is 0 Å². The summed E-state index contributed by atoms with van der Waals surface area (Å²) in [7, 11) is 0. The largest absolute Gasteiger partial charge is 0.444 e. The van der Waals surface area contributed by atoms with Crippen LogP contribution in [0.5, 0.6) is 0 Å². The van der Waals surface area contributed by atoms with E-state index in [0.29, 0.717) is 18.9 Å². The van der Waals surface area contributed by atoms with Crippen molar-refractivity contribution in [1.29, 1.82) is 0 Å². The first-order chi connectivity index (χ1) is 9.72. The van der Waals surface area contributed by atoms with Crippen molar-refractivity contribution in [1.82, 2.24) is 15.6 Å². The van der Waals surface area contributed by atoms with Crippen LogP contribution in [0.4, 0.5) is 0 Å². The van der Waals surface area contributed by atoms with Crippen LogP contribution >= 0.6 is 0 Å². The molecule has 0 aliphatic carbocycles. The average molecular weight is 271 g/mol. The maximum Gasteiger partial charge on any atom is 0.237 e. The number of rotatable bonds is 3. The van der Waals surface area contributed by atoms with Crippen molar-refractivity contribution in [2.45, 2.75) is 32.5 Å². The van der Waals surface area contributed by atoms with E-state index in [-0.39, 0.29) is 11.9 Å². The number of amides is 1. The van der Waals surface area contributed by atoms with Gasteiger partial charge in [-0.1, -0.05) is 24.3 Å². The monoisotopic (exact) mass is 271 g/mol. The summed E-state index contributed by atoms with van der Waals surface area (Å²) in [4.78, 5) is 16.2. The fraction of sp³-hybridized carbons (Fsp3) is 0.333. The Labute approximate surface area is 117 Å². The fourth-order valence-electron chi connectivity index (χ4n) is 2.41. The highest BCUT2D eigenvalue weighted by molar-refractivity contribution is 5.82. The Balaban J connectivity index is 1.59. The zero-order valence-corrected chi connectivity index (χ0v) is 11.3. The molecule has 3 rings (SSSR count). The van der Waals surface area contributed by atoms with Crippen LogP contribution in [0.3, 0.4) is 0 Å². The van der Waals surface area contributed by atoms with E-state index in [4.69, 9.17) is 4.42 Å². The Bertz CT molecular complexity index is 621. The molecular formula is C15H17N3O2. The standard InChI is InChI=1S/C15H17N3O2/c1-10-7-17-14(20-10)9-18-15(19)13-6-11-4-2-3-5-12(11)8-16-13/h2-5,7,13,16H,6,8-9H2,1H3,(H,18,19)/t13-/m1/s1. The van der Waals surface area contributed by atoms with Crippen LogP contribution in [-0.4, -0.2) is 16.9 Å². The second-order valence-corrected chi connectivity index (χ2v) is 4.99. The topological polar surface area (TPSA) is 67.2 Å². The molecule has 0 bridgehead atoms. The van der Waals surface area contributed by atoms with Crippen LogP contribution in [0.15, 0.2) is 34.9 Å². The van der Waals surface area contributed by atoms with E-state index in [9.17, 15) is 4.79 Å². The molecule has 1 aromatic heterocycles. The summed E-state index contributed by atoms with van der Waals surface area (Å²) in [6.07, 6.45) is 2.36. The van der Waals surface area contributed by atoms with Gasteiger partial charge in [0.05, 0.1) is 18.8 Å². The molecule has 1 aromatic carbocycles. The van der Waals surface area contributed by atoms with Crippen LogP contribution in [0.2, 0.25) is 0 Å². The maximum atomic E-state index is 12.1. The molecule has 2 N–H and O–H groups in total. The first-order valence-corrected chi connectivity index (χ1v) is 6.71. The predicted octanol–water partition coefficient (Wildman–Crippen LogP) is 1.31. The molecule has 0 saturated heterocycles. The van der Waals surface area contributed by atoms with Crippen molar-refractivity contribution in [3.05, 3.63) is 53.2 Å². The minimum absolute atomic E-state index is 0.0182. The van der Waals surface area contributed by atoms with Gasteiger partial charge in [0, 0.05) is 6.54 Å². The van der Waals surface area contributed by atoms with Gasteiger partial charge in [-0.2, -0.15) is 0 Å². The van der Waals surface area contributed by atoms with E-state index in [0.717, 1.165) is 12.3 Å². The second kappa shape index (κ2) is 5.46. The van der Waals surface area contributed by atoms with Gasteiger partial charge in [0.2, 0.25) is 11.8 Å². The number of carbonyl (C=O) groups is 1. The molecule has 1 amide bonds. The van der Waals surface area contributed by atoms with Crippen LogP contribution in [0.1, 0.15) is 22.8 Å². The maximum absolute atomic E-state index is 12.1. The lowest BCUT2D eigenvalue weighted by atomic mass is 9.95. The molecule has 1 aliphatic heterocycles. The van der Waals surface area contributed by atoms with Gasteiger partial charge in [0.15, 0.2) is 0 Å². The van der Waals surface area contributed by atoms with E-state index in [1.54, 1.807) is 6.20 Å². The summed E-state index contributed by atoms with van der Waals surface area (Å²) < 4.78 is 5.33. The van der Waals surface area contributed by atoms with Gasteiger partial charge in [-0.25, -0.2) is 4.98 Å². The Kier molecular flexibility index (Phi) is 3.52. The SMILES string of the molecule is Cc1cnc(CNC(=O)[C@H]2Cc3ccccc3CN2)o1. The zero-order valence-electron chi connectivity index (χ0n) is 11.3. The van der Waals surface area contributed by atoms with Gasteiger partial charge < -0.3 is 15.1 Å². The summed E-state index contributed by atoms with van der Waals surface area (Å²) in [5.74, 6) is 1.27. The quantitative estimate of drug-likeness (QED) is 0.883. The summed E-state index contributed by atoms with van der Waals surface area (Å²) in [6.45, 7) is 2.89. The lowest BCUT2D eigenvalue weighted by Crippen LogP contribution is -2.47. The van der Waals surface area contributed by atoms with Gasteiger partial charge in [-0.15, -0.1) is 0 Å². The van der Waals surface area contributed by atoms with Gasteiger partial charge in [-0.3, -0.25) is 4.79 Å². The van der Waals surface area contributed by atoms with Crippen LogP contribution in [0, 0.1) is 6.92 Å². The molecule has 1 atom stereocenters. The van der Waals surface area contributed by atoms with Gasteiger partial charge in [0.25, 0.3) is 0 Å². The number of aromatic nitrogens is 1. The van der Waals surface area contributed by atoms with Crippen molar-refractivity contribution >= 4 is 5.91 Å². The highest BCUT2D eigenvalue weighted by Gasteiger charge is 2.23. The molecular weight excluding hydrogens is 254 g/mol. The Morgan fingerprint density at radius 1 is 1.45 bits per heavy atom. The normalized spacial score (nSPS) is 17.6. The number of nitrogens with one attached hydrogen (secondary N) is 2. The summed E-state index contributed by atoms with van der Waals surface area (Å²) in [5.41, 5.74) is 2.50. The summed E-state index contributed by atoms with van der Waals surface area (Å²) in [6, 6.07) is 8.00. The lowest BCUT2D eigenvalue weighted by molar-refractivity contribution is -0.123. The molecule has 104 valence electrons. The van der Waals surface area contributed by atoms with Crippen molar-refractivity contribution in [3.8, 4) is 0 Å². The number of fused-ring (bicyclic) bond motifs is 1. The number of hydrogen-bond donors (Lipinski definition) is 2. The highest BCUT2D eigenvalue weighted by atomic mass is 16.4. The number of hydrogen-bond acceptors (Lipinski definition) is 4. The van der Waals surface area contributed by atoms with E-state index >= 15 is 0 Å². The van der Waals surface area contributed by atoms with Crippen molar-refractivity contribution in [3.63, 3.8) is 0 Å². The molecule has 0 fully saturated rings. The third-order valence-corrected chi connectivity index (χ3v) is 3.48. The molecule has 0 radical (unpaired) electrons. The summed E-state index contributed by atoms with van der Waals surface area (Å²) >= 11 is 0. The number of aryl methyl sites for hydroxylation is 1. The van der Waals surface area contributed by atoms with Gasteiger partial charge in [-0.05, 0) is 24.5 Å². The molecule has 2 heterocycles. The van der Waals surface area contributed by atoms with Crippen LogP contribution in [-0.2, 0) is 24.3 Å². The molecule has 5 nitrogen and oxygen atoms in total. The van der Waals surface area contributed by atoms with Gasteiger partial charge in [0.1, 0.15) is 5.76 Å². The van der Waals surface area contributed by atoms with Crippen molar-refractivity contribution in [2.75, 3.05) is 0 Å². The fourth-order valence-corrected chi connectivity index (χ4v) is 2.41. The average Bonchev–Trinajstić information content (AvgIpc) is 2.90. The molecule has 0 unspecified atom stereocenters. The Hall–Kier alpha value is -2.14. The predicted molar refractivity (Wildman–Crippen MR) is 73.9 cm³/mol. The lowest BCUT2D eigenvalue weighted by Gasteiger charge is -2.25. The third-order valence-electron chi connectivity index (χ3n) is 3.48. The minimum atomic E-state index is -0.194. The summed E-state index contributed by atoms with van der Waals surface area (Å²) in [5, 5.41) is 6.11. The van der Waals surface area contributed by atoms with E-state index in [1.807, 2.05) is 19.1 Å². The number of nitrogens with zero attached hydrogens (tertiary/aromatic N) is 1. The van der Waals surface area contributed by atoms with Crippen molar-refractivity contribution < 1.29 is 9.21 Å². The second-order valence-electron chi connectivity index (χ2n) is 4.99.